The number of nitrogens with one attached hydrogen (secondary N) is 1. The smallest absolute Gasteiger partial charge is 0.356 e. The van der Waals surface area contributed by atoms with Gasteiger partial charge in [-0.1, -0.05) is 0 Å². The van der Waals surface area contributed by atoms with Crippen LogP contribution in [0.3, 0.4) is 0 Å². The van der Waals surface area contributed by atoms with Crippen LogP contribution >= 0.6 is 0 Å². The van der Waals surface area contributed by atoms with Gasteiger partial charge in [-0.25, -0.2) is 9.48 Å². The molecule has 0 spiro atoms. The number of aromatic carboxylic acids is 1. The number of fused-ring (bicyclic) bond motifs is 1. The molecule has 0 radical (unpaired) electrons. The molecule has 0 fully saturated rings. The molecule has 0 amide bonds. The molecule has 0 saturated carbocycles. The second-order valence-corrected chi connectivity index (χ2v) is 5.76. The predicted molar refractivity (Wildman–Crippen MR) is 82.5 cm³/mol. The Morgan fingerprint density at radius 3 is 3.00 bits per heavy atom. The van der Waals surface area contributed by atoms with Crippen LogP contribution in [-0.4, -0.2) is 37.7 Å². The third-order valence-corrected chi connectivity index (χ3v) is 4.26. The summed E-state index contributed by atoms with van der Waals surface area (Å²) in [5.41, 5.74) is 2.97. The van der Waals surface area contributed by atoms with Crippen molar-refractivity contribution in [1.29, 1.82) is 0 Å². The van der Waals surface area contributed by atoms with Gasteiger partial charge >= 0.3 is 5.97 Å². The highest BCUT2D eigenvalue weighted by atomic mass is 16.5. The number of carbonyl (C=O) groups is 1. The maximum Gasteiger partial charge on any atom is 0.356 e. The summed E-state index contributed by atoms with van der Waals surface area (Å²) >= 11 is 0. The average molecular weight is 319 g/mol. The fourth-order valence-electron chi connectivity index (χ4n) is 3.16. The van der Waals surface area contributed by atoms with Crippen LogP contribution in [0.15, 0.2) is 6.07 Å². The van der Waals surface area contributed by atoms with E-state index in [4.69, 9.17) is 9.84 Å². The minimum Gasteiger partial charge on any atom is -0.481 e. The lowest BCUT2D eigenvalue weighted by Gasteiger charge is -2.24. The third kappa shape index (κ3) is 2.81. The summed E-state index contributed by atoms with van der Waals surface area (Å²) in [6.45, 7) is 3.32. The highest BCUT2D eigenvalue weighted by Gasteiger charge is 2.25. The Kier molecular flexibility index (Phi) is 4.08. The van der Waals surface area contributed by atoms with Gasteiger partial charge in [0.1, 0.15) is 0 Å². The van der Waals surface area contributed by atoms with Crippen LogP contribution in [0.1, 0.15) is 46.3 Å². The number of methoxy groups -OCH3 is 1. The fourth-order valence-corrected chi connectivity index (χ4v) is 3.16. The van der Waals surface area contributed by atoms with Gasteiger partial charge in [-0.3, -0.25) is 4.68 Å². The predicted octanol–water partition coefficient (Wildman–Crippen LogP) is 1.26. The molecule has 3 rings (SSSR count). The molecule has 8 heteroatoms. The van der Waals surface area contributed by atoms with Gasteiger partial charge in [-0.15, -0.1) is 0 Å². The van der Waals surface area contributed by atoms with E-state index in [0.29, 0.717) is 6.54 Å². The van der Waals surface area contributed by atoms with E-state index < -0.39 is 5.97 Å². The van der Waals surface area contributed by atoms with Crippen LogP contribution in [0.5, 0.6) is 5.88 Å². The van der Waals surface area contributed by atoms with Crippen LogP contribution in [-0.2, 0) is 20.1 Å². The Morgan fingerprint density at radius 1 is 1.52 bits per heavy atom. The molecule has 8 nitrogen and oxygen atoms in total. The molecule has 2 N–H and O–H groups in total. The minimum absolute atomic E-state index is 0.0775. The Balaban J connectivity index is 1.79. The molecule has 2 aromatic rings. The van der Waals surface area contributed by atoms with E-state index in [-0.39, 0.29) is 11.7 Å². The minimum atomic E-state index is -0.990. The molecular weight excluding hydrogens is 298 g/mol. The summed E-state index contributed by atoms with van der Waals surface area (Å²) in [6.07, 6.45) is 1.92. The first-order valence-electron chi connectivity index (χ1n) is 7.62. The summed E-state index contributed by atoms with van der Waals surface area (Å²) in [7, 11) is 3.49. The molecule has 0 saturated heterocycles. The van der Waals surface area contributed by atoms with Gasteiger partial charge in [0, 0.05) is 26.2 Å². The second kappa shape index (κ2) is 6.04. The number of hydrogen-bond acceptors (Lipinski definition) is 5. The summed E-state index contributed by atoms with van der Waals surface area (Å²) in [4.78, 5) is 11.1. The Hall–Kier alpha value is -2.35. The topological polar surface area (TPSA) is 94.2 Å². The van der Waals surface area contributed by atoms with Gasteiger partial charge in [0.25, 0.3) is 0 Å². The second-order valence-electron chi connectivity index (χ2n) is 5.76. The van der Waals surface area contributed by atoms with Gasteiger partial charge in [-0.05, 0) is 25.8 Å². The number of aryl methyl sites for hydroxylation is 3. The lowest BCUT2D eigenvalue weighted by Crippen LogP contribution is -2.27. The van der Waals surface area contributed by atoms with Crippen molar-refractivity contribution >= 4 is 5.97 Å². The molecule has 1 unspecified atom stereocenters. The Morgan fingerprint density at radius 2 is 2.30 bits per heavy atom. The first kappa shape index (κ1) is 15.5. The van der Waals surface area contributed by atoms with Crippen LogP contribution in [0.25, 0.3) is 0 Å². The maximum atomic E-state index is 11.1. The van der Waals surface area contributed by atoms with E-state index >= 15 is 0 Å². The lowest BCUT2D eigenvalue weighted by molar-refractivity contribution is 0.0689. The molecular formula is C15H21N5O3. The van der Waals surface area contributed by atoms with Crippen molar-refractivity contribution in [3.63, 3.8) is 0 Å². The van der Waals surface area contributed by atoms with Crippen LogP contribution in [0, 0.1) is 6.92 Å². The molecule has 2 aromatic heterocycles. The summed E-state index contributed by atoms with van der Waals surface area (Å²) < 4.78 is 8.92. The standard InChI is InChI=1S/C15H21N5O3/c1-9-10(14(23-3)19(2)17-9)8-16-11-5-4-6-20-13(11)7-12(18-20)15(21)22/h7,11,16H,4-6,8H2,1-3H3,(H,21,22). The molecule has 0 aromatic carbocycles. The first-order valence-corrected chi connectivity index (χ1v) is 7.62. The van der Waals surface area contributed by atoms with Gasteiger partial charge in [0.15, 0.2) is 5.69 Å². The van der Waals surface area contributed by atoms with Crippen LogP contribution < -0.4 is 10.1 Å². The molecule has 1 aliphatic heterocycles. The number of aromatic nitrogens is 4. The van der Waals surface area contributed by atoms with Crippen molar-refractivity contribution in [2.45, 2.75) is 38.9 Å². The Labute approximate surface area is 134 Å². The quantitative estimate of drug-likeness (QED) is 0.861. The highest BCUT2D eigenvalue weighted by molar-refractivity contribution is 5.85. The normalized spacial score (nSPS) is 17.1. The largest absolute Gasteiger partial charge is 0.481 e. The zero-order valence-corrected chi connectivity index (χ0v) is 13.5. The zero-order valence-electron chi connectivity index (χ0n) is 13.5. The van der Waals surface area contributed by atoms with Gasteiger partial charge in [0.2, 0.25) is 5.88 Å². The van der Waals surface area contributed by atoms with Crippen LogP contribution in [0.2, 0.25) is 0 Å². The third-order valence-electron chi connectivity index (χ3n) is 4.26. The number of carboxylic acid groups (broad SMARTS) is 1. The number of hydrogen-bond donors (Lipinski definition) is 2. The molecule has 1 aliphatic rings. The van der Waals surface area contributed by atoms with Crippen molar-refractivity contribution in [2.75, 3.05) is 7.11 Å². The van der Waals surface area contributed by atoms with E-state index in [9.17, 15) is 4.79 Å². The molecule has 1 atom stereocenters. The number of nitrogens with zero attached hydrogens (tertiary/aromatic N) is 4. The number of carboxylic acids is 1. The Bertz CT molecular complexity index is 734. The van der Waals surface area contributed by atoms with Crippen molar-refractivity contribution < 1.29 is 14.6 Å². The molecule has 23 heavy (non-hydrogen) atoms. The SMILES string of the molecule is COc1c(CNC2CCCn3nc(C(=O)O)cc32)c(C)nn1C. The maximum absolute atomic E-state index is 11.1. The zero-order chi connectivity index (χ0) is 16.6. The van der Waals surface area contributed by atoms with Crippen molar-refractivity contribution in [2.24, 2.45) is 7.05 Å². The fraction of sp³-hybridized carbons (Fsp3) is 0.533. The van der Waals surface area contributed by atoms with Gasteiger partial charge in [-0.2, -0.15) is 10.2 Å². The van der Waals surface area contributed by atoms with Crippen molar-refractivity contribution in [3.05, 3.63) is 28.7 Å². The average Bonchev–Trinajstić information content (AvgIpc) is 3.06. The van der Waals surface area contributed by atoms with Crippen LogP contribution in [0.4, 0.5) is 0 Å². The molecule has 0 bridgehead atoms. The summed E-state index contributed by atoms with van der Waals surface area (Å²) in [6, 6.07) is 1.74. The lowest BCUT2D eigenvalue weighted by atomic mass is 10.0. The highest BCUT2D eigenvalue weighted by Crippen LogP contribution is 2.27. The van der Waals surface area contributed by atoms with Crippen molar-refractivity contribution in [1.82, 2.24) is 24.9 Å². The molecule has 3 heterocycles. The van der Waals surface area contributed by atoms with E-state index in [1.54, 1.807) is 22.5 Å². The van der Waals surface area contributed by atoms with Crippen molar-refractivity contribution in [3.8, 4) is 5.88 Å². The summed E-state index contributed by atoms with van der Waals surface area (Å²) in [5.74, 6) is -0.249. The first-order chi connectivity index (χ1) is 11.0. The number of ether oxygens (including phenoxy) is 1. The van der Waals surface area contributed by atoms with E-state index in [1.165, 1.54) is 0 Å². The van der Waals surface area contributed by atoms with E-state index in [0.717, 1.165) is 42.2 Å². The summed E-state index contributed by atoms with van der Waals surface area (Å²) in [5, 5.41) is 21.1. The van der Waals surface area contributed by atoms with E-state index in [2.05, 4.69) is 15.5 Å². The van der Waals surface area contributed by atoms with Gasteiger partial charge in [0.05, 0.1) is 24.1 Å². The monoisotopic (exact) mass is 319 g/mol. The number of rotatable bonds is 5. The van der Waals surface area contributed by atoms with Gasteiger partial charge < -0.3 is 15.2 Å². The van der Waals surface area contributed by atoms with E-state index in [1.807, 2.05) is 14.0 Å². The molecule has 124 valence electrons. The molecule has 0 aliphatic carbocycles.